The van der Waals surface area contributed by atoms with Crippen LogP contribution in [0, 0.1) is 0 Å². The van der Waals surface area contributed by atoms with Crippen LogP contribution in [0.5, 0.6) is 17.4 Å². The van der Waals surface area contributed by atoms with Crippen molar-refractivity contribution in [2.45, 2.75) is 24.6 Å². The molecule has 2 heterocycles. The Bertz CT molecular complexity index is 1370. The summed E-state index contributed by atoms with van der Waals surface area (Å²) in [6.07, 6.45) is -2.65. The number of ether oxygens (including phenoxy) is 2. The molecule has 1 amide bonds. The Morgan fingerprint density at radius 3 is 2.54 bits per heavy atom. The topological polar surface area (TPSA) is 105 Å². The SMILES string of the molecule is C=C(O)c1cnc(Oc2ccc([C@@H](C)[C@@](O)(c3ccc4c(c3)N(C)C(=O)CO4)C(F)(F)F)c(Cl)c2)cn1. The van der Waals surface area contributed by atoms with Crippen LogP contribution in [-0.4, -0.2) is 45.9 Å². The monoisotopic (exact) mass is 535 g/mol. The van der Waals surface area contributed by atoms with Gasteiger partial charge in [0.2, 0.25) is 5.88 Å². The quantitative estimate of drug-likeness (QED) is 0.409. The number of anilines is 1. The van der Waals surface area contributed by atoms with Crippen molar-refractivity contribution in [1.29, 1.82) is 0 Å². The van der Waals surface area contributed by atoms with Crippen molar-refractivity contribution in [1.82, 2.24) is 9.97 Å². The smallest absolute Gasteiger partial charge is 0.422 e. The standard InChI is InChI=1S/C25H21ClF3N3O5/c1-13(17-6-5-16(9-18(17)26)37-22-11-30-19(10-31-22)14(2)33)24(35,25(27,28)29)15-4-7-21-20(8-15)32(3)23(34)12-36-21/h4-11,13,33,35H,2,12H2,1,3H3/t13-,24-/m1/s1. The molecule has 194 valence electrons. The van der Waals surface area contributed by atoms with Gasteiger partial charge in [-0.3, -0.25) is 4.79 Å². The van der Waals surface area contributed by atoms with Crippen LogP contribution < -0.4 is 14.4 Å². The third kappa shape index (κ3) is 4.79. The Morgan fingerprint density at radius 1 is 1.22 bits per heavy atom. The molecular weight excluding hydrogens is 515 g/mol. The van der Waals surface area contributed by atoms with Gasteiger partial charge in [0.05, 0.1) is 18.1 Å². The number of halogens is 4. The van der Waals surface area contributed by atoms with Crippen LogP contribution in [0.1, 0.15) is 29.7 Å². The minimum atomic E-state index is -5.11. The number of carbonyl (C=O) groups is 1. The summed E-state index contributed by atoms with van der Waals surface area (Å²) in [5.41, 5.74) is -3.58. The molecule has 2 N–H and O–H groups in total. The van der Waals surface area contributed by atoms with Crippen molar-refractivity contribution in [2.75, 3.05) is 18.6 Å². The second-order valence-corrected chi connectivity index (χ2v) is 8.79. The summed E-state index contributed by atoms with van der Waals surface area (Å²) in [6.45, 7) is 4.30. The van der Waals surface area contributed by atoms with Crippen LogP contribution in [-0.2, 0) is 10.4 Å². The zero-order valence-electron chi connectivity index (χ0n) is 19.6. The van der Waals surface area contributed by atoms with Gasteiger partial charge in [0.1, 0.15) is 23.0 Å². The molecular formula is C25H21ClF3N3O5. The third-order valence-electron chi connectivity index (χ3n) is 6.13. The first-order valence-electron chi connectivity index (χ1n) is 10.8. The maximum Gasteiger partial charge on any atom is 0.422 e. The van der Waals surface area contributed by atoms with Gasteiger partial charge in [-0.25, -0.2) is 9.97 Å². The van der Waals surface area contributed by atoms with Crippen LogP contribution >= 0.6 is 11.6 Å². The van der Waals surface area contributed by atoms with Crippen molar-refractivity contribution < 1.29 is 37.7 Å². The summed E-state index contributed by atoms with van der Waals surface area (Å²) in [4.78, 5) is 21.0. The number of rotatable bonds is 6. The first-order valence-corrected chi connectivity index (χ1v) is 11.2. The summed E-state index contributed by atoms with van der Waals surface area (Å²) in [5, 5.41) is 20.4. The Balaban J connectivity index is 1.68. The zero-order valence-corrected chi connectivity index (χ0v) is 20.3. The van der Waals surface area contributed by atoms with Crippen LogP contribution in [0.2, 0.25) is 5.02 Å². The first-order chi connectivity index (χ1) is 17.3. The molecule has 2 atom stereocenters. The number of hydrogen-bond acceptors (Lipinski definition) is 7. The van der Waals surface area contributed by atoms with E-state index in [1.807, 2.05) is 0 Å². The van der Waals surface area contributed by atoms with Gasteiger partial charge < -0.3 is 24.6 Å². The Kier molecular flexibility index (Phi) is 6.78. The number of benzene rings is 2. The zero-order chi connectivity index (χ0) is 27.1. The molecule has 8 nitrogen and oxygen atoms in total. The summed E-state index contributed by atoms with van der Waals surface area (Å²) in [7, 11) is 1.41. The highest BCUT2D eigenvalue weighted by molar-refractivity contribution is 6.31. The molecule has 0 unspecified atom stereocenters. The minimum absolute atomic E-state index is 0.00487. The maximum atomic E-state index is 14.5. The number of nitrogens with zero attached hydrogens (tertiary/aromatic N) is 3. The second kappa shape index (κ2) is 9.56. The van der Waals surface area contributed by atoms with E-state index in [0.29, 0.717) is 0 Å². The average Bonchev–Trinajstić information content (AvgIpc) is 2.85. The molecule has 1 aliphatic rings. The fourth-order valence-electron chi connectivity index (χ4n) is 3.95. The van der Waals surface area contributed by atoms with E-state index in [-0.39, 0.29) is 51.7 Å². The molecule has 4 rings (SSSR count). The lowest BCUT2D eigenvalue weighted by molar-refractivity contribution is -0.274. The number of amides is 1. The van der Waals surface area contributed by atoms with E-state index < -0.39 is 29.2 Å². The molecule has 1 aliphatic heterocycles. The maximum absolute atomic E-state index is 14.5. The van der Waals surface area contributed by atoms with Crippen LogP contribution in [0.4, 0.5) is 18.9 Å². The molecule has 0 spiro atoms. The van der Waals surface area contributed by atoms with Crippen molar-refractivity contribution in [3.8, 4) is 17.4 Å². The van der Waals surface area contributed by atoms with E-state index in [9.17, 15) is 28.2 Å². The second-order valence-electron chi connectivity index (χ2n) is 8.38. The van der Waals surface area contributed by atoms with Crippen molar-refractivity contribution in [3.05, 3.63) is 77.2 Å². The van der Waals surface area contributed by atoms with Gasteiger partial charge >= 0.3 is 6.18 Å². The molecule has 2 aromatic carbocycles. The molecule has 37 heavy (non-hydrogen) atoms. The third-order valence-corrected chi connectivity index (χ3v) is 6.46. The summed E-state index contributed by atoms with van der Waals surface area (Å²) in [5.74, 6) is -1.85. The van der Waals surface area contributed by atoms with Gasteiger partial charge in [-0.2, -0.15) is 13.2 Å². The molecule has 0 fully saturated rings. The average molecular weight is 536 g/mol. The number of aliphatic hydroxyl groups excluding tert-OH is 1. The Morgan fingerprint density at radius 2 is 1.95 bits per heavy atom. The van der Waals surface area contributed by atoms with Gasteiger partial charge in [0, 0.05) is 18.0 Å². The number of hydrogen-bond donors (Lipinski definition) is 2. The van der Waals surface area contributed by atoms with E-state index in [1.165, 1.54) is 55.5 Å². The largest absolute Gasteiger partial charge is 0.506 e. The molecule has 0 radical (unpaired) electrons. The van der Waals surface area contributed by atoms with Gasteiger partial charge in [0.25, 0.3) is 5.91 Å². The molecule has 0 bridgehead atoms. The highest BCUT2D eigenvalue weighted by Crippen LogP contribution is 2.51. The van der Waals surface area contributed by atoms with Gasteiger partial charge in [-0.15, -0.1) is 0 Å². The van der Waals surface area contributed by atoms with E-state index in [2.05, 4.69) is 16.5 Å². The predicted molar refractivity (Wildman–Crippen MR) is 129 cm³/mol. The lowest BCUT2D eigenvalue weighted by Crippen LogP contribution is -2.47. The normalized spacial score (nSPS) is 15.9. The van der Waals surface area contributed by atoms with Crippen molar-refractivity contribution in [2.24, 2.45) is 0 Å². The minimum Gasteiger partial charge on any atom is -0.506 e. The Hall–Kier alpha value is -3.83. The highest BCUT2D eigenvalue weighted by atomic mass is 35.5. The fraction of sp³-hybridized carbons (Fsp3) is 0.240. The van der Waals surface area contributed by atoms with E-state index in [1.54, 1.807) is 0 Å². The lowest BCUT2D eigenvalue weighted by Gasteiger charge is -2.38. The fourth-order valence-corrected chi connectivity index (χ4v) is 4.29. The summed E-state index contributed by atoms with van der Waals surface area (Å²) in [6, 6.07) is 7.47. The van der Waals surface area contributed by atoms with Crippen molar-refractivity contribution >= 4 is 29.0 Å². The molecule has 0 saturated carbocycles. The van der Waals surface area contributed by atoms with Crippen LogP contribution in [0.3, 0.4) is 0 Å². The van der Waals surface area contributed by atoms with E-state index >= 15 is 0 Å². The number of aromatic nitrogens is 2. The molecule has 3 aromatic rings. The number of alkyl halides is 3. The van der Waals surface area contributed by atoms with Crippen LogP contribution in [0.25, 0.3) is 5.76 Å². The van der Waals surface area contributed by atoms with E-state index in [4.69, 9.17) is 21.1 Å². The van der Waals surface area contributed by atoms with Crippen molar-refractivity contribution in [3.63, 3.8) is 0 Å². The number of likely N-dealkylation sites (N-methyl/N-ethyl adjacent to an activating group) is 1. The molecule has 0 saturated heterocycles. The molecule has 12 heteroatoms. The van der Waals surface area contributed by atoms with Gasteiger partial charge in [-0.05, 0) is 35.4 Å². The highest BCUT2D eigenvalue weighted by Gasteiger charge is 2.59. The molecule has 1 aromatic heterocycles. The van der Waals surface area contributed by atoms with E-state index in [0.717, 1.165) is 12.1 Å². The predicted octanol–water partition coefficient (Wildman–Crippen LogP) is 5.36. The molecule has 0 aliphatic carbocycles. The van der Waals surface area contributed by atoms with Crippen LogP contribution in [0.15, 0.2) is 55.4 Å². The number of aliphatic hydroxyl groups is 2. The lowest BCUT2D eigenvalue weighted by atomic mass is 9.77. The Labute approximate surface area is 214 Å². The summed E-state index contributed by atoms with van der Waals surface area (Å²) < 4.78 is 54.2. The van der Waals surface area contributed by atoms with Gasteiger partial charge in [-0.1, -0.05) is 37.2 Å². The van der Waals surface area contributed by atoms with Gasteiger partial charge in [0.15, 0.2) is 12.2 Å². The number of fused-ring (bicyclic) bond motifs is 1. The number of carbonyl (C=O) groups excluding carboxylic acids is 1. The first kappa shape index (κ1) is 26.2. The summed E-state index contributed by atoms with van der Waals surface area (Å²) >= 11 is 6.35.